The molecule has 0 saturated heterocycles. The van der Waals surface area contributed by atoms with Crippen molar-refractivity contribution in [3.05, 3.63) is 67.6 Å². The van der Waals surface area contributed by atoms with Crippen molar-refractivity contribution in [3.8, 4) is 0 Å². The summed E-state index contributed by atoms with van der Waals surface area (Å²) in [6.07, 6.45) is 0. The number of aromatic nitrogens is 2. The van der Waals surface area contributed by atoms with E-state index in [0.29, 0.717) is 35.9 Å². The third kappa shape index (κ3) is 5.03. The highest BCUT2D eigenvalue weighted by atomic mass is 35.5. The number of thioether (sulfide) groups is 1. The minimum absolute atomic E-state index is 0.270. The molecule has 26 heavy (non-hydrogen) atoms. The van der Waals surface area contributed by atoms with Crippen LogP contribution in [0.1, 0.15) is 15.9 Å². The van der Waals surface area contributed by atoms with Crippen LogP contribution in [0.15, 0.2) is 40.7 Å². The maximum Gasteiger partial charge on any atom is 0.259 e. The largest absolute Gasteiger partial charge is 0.296 e. The van der Waals surface area contributed by atoms with Crippen molar-refractivity contribution in [2.45, 2.75) is 10.1 Å². The van der Waals surface area contributed by atoms with Crippen LogP contribution >= 0.6 is 69.5 Å². The van der Waals surface area contributed by atoms with E-state index in [1.54, 1.807) is 24.3 Å². The normalized spacial score (nSPS) is 10.8. The van der Waals surface area contributed by atoms with Crippen LogP contribution in [-0.4, -0.2) is 16.1 Å². The van der Waals surface area contributed by atoms with Crippen molar-refractivity contribution in [2.24, 2.45) is 0 Å². The first-order chi connectivity index (χ1) is 12.4. The molecule has 0 saturated carbocycles. The number of carbonyl (C=O) groups is 1. The number of nitrogens with zero attached hydrogens (tertiary/aromatic N) is 2. The lowest BCUT2D eigenvalue weighted by Crippen LogP contribution is -2.12. The maximum atomic E-state index is 12.3. The van der Waals surface area contributed by atoms with Crippen LogP contribution in [-0.2, 0) is 5.75 Å². The summed E-state index contributed by atoms with van der Waals surface area (Å²) in [7, 11) is 0. The van der Waals surface area contributed by atoms with Crippen molar-refractivity contribution < 1.29 is 4.79 Å². The van der Waals surface area contributed by atoms with Crippen LogP contribution < -0.4 is 5.32 Å². The van der Waals surface area contributed by atoms with Crippen LogP contribution in [0.3, 0.4) is 0 Å². The first-order valence-electron chi connectivity index (χ1n) is 7.09. The third-order valence-corrected chi connectivity index (χ3v) is 6.32. The number of carbonyl (C=O) groups excluding carboxylic acids is 1. The molecule has 0 aliphatic heterocycles. The summed E-state index contributed by atoms with van der Waals surface area (Å²) in [4.78, 5) is 12.3. The van der Waals surface area contributed by atoms with E-state index in [9.17, 15) is 4.79 Å². The molecular formula is C16H9Cl4N3OS2. The zero-order valence-corrected chi connectivity index (χ0v) is 17.5. The molecule has 3 rings (SSSR count). The Labute approximate surface area is 177 Å². The Bertz CT molecular complexity index is 964. The summed E-state index contributed by atoms with van der Waals surface area (Å²) in [5.41, 5.74) is 1.25. The summed E-state index contributed by atoms with van der Waals surface area (Å²) < 4.78 is 0.702. The Morgan fingerprint density at radius 2 is 1.69 bits per heavy atom. The van der Waals surface area contributed by atoms with Crippen LogP contribution in [0.4, 0.5) is 5.13 Å². The second-order valence-corrected chi connectivity index (χ2v) is 8.86. The quantitative estimate of drug-likeness (QED) is 0.337. The number of rotatable bonds is 5. The predicted octanol–water partition coefficient (Wildman–Crippen LogP) is 6.70. The highest BCUT2D eigenvalue weighted by Gasteiger charge is 2.14. The molecule has 0 fully saturated rings. The van der Waals surface area contributed by atoms with E-state index in [2.05, 4.69) is 15.5 Å². The van der Waals surface area contributed by atoms with Crippen LogP contribution in [0.25, 0.3) is 0 Å². The Kier molecular flexibility index (Phi) is 6.66. The van der Waals surface area contributed by atoms with E-state index >= 15 is 0 Å². The summed E-state index contributed by atoms with van der Waals surface area (Å²) in [5.74, 6) is 0.238. The van der Waals surface area contributed by atoms with E-state index in [1.807, 2.05) is 6.07 Å². The number of anilines is 1. The smallest absolute Gasteiger partial charge is 0.259 e. The molecule has 0 spiro atoms. The number of halogens is 4. The number of benzene rings is 2. The number of amides is 1. The van der Waals surface area contributed by atoms with Crippen molar-refractivity contribution in [3.63, 3.8) is 0 Å². The minimum atomic E-state index is -0.375. The molecule has 1 amide bonds. The Morgan fingerprint density at radius 3 is 2.38 bits per heavy atom. The molecule has 0 aliphatic rings. The van der Waals surface area contributed by atoms with Gasteiger partial charge in [0, 0.05) is 20.8 Å². The first-order valence-corrected chi connectivity index (χ1v) is 10.4. The zero-order valence-electron chi connectivity index (χ0n) is 12.8. The van der Waals surface area contributed by atoms with E-state index < -0.39 is 0 Å². The number of nitrogens with one attached hydrogen (secondary N) is 1. The summed E-state index contributed by atoms with van der Waals surface area (Å²) in [6.45, 7) is 0. The van der Waals surface area contributed by atoms with Crippen molar-refractivity contribution in [1.82, 2.24) is 10.2 Å². The SMILES string of the molecule is O=C(Nc1nnc(SCc2ccc(Cl)cc2Cl)s1)c1ccc(Cl)cc1Cl. The fourth-order valence-corrected chi connectivity index (χ4v) is 4.73. The van der Waals surface area contributed by atoms with Crippen molar-refractivity contribution in [1.29, 1.82) is 0 Å². The molecule has 134 valence electrons. The van der Waals surface area contributed by atoms with Crippen LogP contribution in [0.5, 0.6) is 0 Å². The van der Waals surface area contributed by atoms with E-state index in [4.69, 9.17) is 46.4 Å². The van der Waals surface area contributed by atoms with Gasteiger partial charge in [0.1, 0.15) is 0 Å². The van der Waals surface area contributed by atoms with E-state index in [-0.39, 0.29) is 10.9 Å². The molecule has 0 bridgehead atoms. The first kappa shape index (κ1) is 19.7. The lowest BCUT2D eigenvalue weighted by molar-refractivity contribution is 0.102. The van der Waals surface area contributed by atoms with Gasteiger partial charge in [-0.3, -0.25) is 10.1 Å². The van der Waals surface area contributed by atoms with Crippen LogP contribution in [0, 0.1) is 0 Å². The van der Waals surface area contributed by atoms with Crippen molar-refractivity contribution in [2.75, 3.05) is 5.32 Å². The van der Waals surface area contributed by atoms with Gasteiger partial charge in [-0.2, -0.15) is 0 Å². The van der Waals surface area contributed by atoms with E-state index in [0.717, 1.165) is 5.56 Å². The highest BCUT2D eigenvalue weighted by Crippen LogP contribution is 2.32. The van der Waals surface area contributed by atoms with Gasteiger partial charge in [0.15, 0.2) is 4.34 Å². The average Bonchev–Trinajstić information content (AvgIpc) is 3.01. The lowest BCUT2D eigenvalue weighted by atomic mass is 10.2. The molecule has 3 aromatic rings. The molecule has 2 aromatic carbocycles. The summed E-state index contributed by atoms with van der Waals surface area (Å²) in [5, 5.41) is 13.0. The van der Waals surface area contributed by atoms with Gasteiger partial charge in [0.25, 0.3) is 5.91 Å². The van der Waals surface area contributed by atoms with Gasteiger partial charge in [0.05, 0.1) is 10.6 Å². The Hall–Kier alpha value is -1.02. The molecule has 0 atom stereocenters. The maximum absolute atomic E-state index is 12.3. The molecule has 0 aliphatic carbocycles. The Morgan fingerprint density at radius 1 is 1.00 bits per heavy atom. The molecule has 1 heterocycles. The zero-order chi connectivity index (χ0) is 18.7. The van der Waals surface area contributed by atoms with Gasteiger partial charge >= 0.3 is 0 Å². The predicted molar refractivity (Wildman–Crippen MR) is 110 cm³/mol. The third-order valence-electron chi connectivity index (χ3n) is 3.17. The van der Waals surface area contributed by atoms with Gasteiger partial charge in [-0.15, -0.1) is 10.2 Å². The molecule has 1 N–H and O–H groups in total. The summed E-state index contributed by atoms with van der Waals surface area (Å²) in [6, 6.07) is 10.0. The average molecular weight is 465 g/mol. The number of hydrogen-bond acceptors (Lipinski definition) is 5. The standard InChI is InChI=1S/C16H9Cl4N3OS2/c17-9-2-1-8(12(19)5-9)7-25-16-23-22-15(26-16)21-14(24)11-4-3-10(18)6-13(11)20/h1-6H,7H2,(H,21,22,24). The second-order valence-electron chi connectivity index (χ2n) is 4.98. The minimum Gasteiger partial charge on any atom is -0.296 e. The molecule has 0 radical (unpaired) electrons. The number of hydrogen-bond donors (Lipinski definition) is 1. The fraction of sp³-hybridized carbons (Fsp3) is 0.0625. The molecule has 10 heteroatoms. The summed E-state index contributed by atoms with van der Waals surface area (Å²) >= 11 is 26.6. The second kappa shape index (κ2) is 8.78. The Balaban J connectivity index is 1.63. The monoisotopic (exact) mass is 463 g/mol. The topological polar surface area (TPSA) is 54.9 Å². The molecule has 0 unspecified atom stereocenters. The molecule has 4 nitrogen and oxygen atoms in total. The van der Waals surface area contributed by atoms with Gasteiger partial charge < -0.3 is 0 Å². The van der Waals surface area contributed by atoms with Crippen molar-refractivity contribution >= 4 is 80.5 Å². The molecule has 1 aromatic heterocycles. The van der Waals surface area contributed by atoms with Gasteiger partial charge in [-0.1, -0.05) is 75.6 Å². The van der Waals surface area contributed by atoms with Gasteiger partial charge in [0.2, 0.25) is 5.13 Å². The highest BCUT2D eigenvalue weighted by molar-refractivity contribution is 8.00. The molecular weight excluding hydrogens is 456 g/mol. The van der Waals surface area contributed by atoms with Gasteiger partial charge in [-0.05, 0) is 35.9 Å². The van der Waals surface area contributed by atoms with Gasteiger partial charge in [-0.25, -0.2) is 0 Å². The van der Waals surface area contributed by atoms with Crippen LogP contribution in [0.2, 0.25) is 20.1 Å². The lowest BCUT2D eigenvalue weighted by Gasteiger charge is -2.04. The van der Waals surface area contributed by atoms with E-state index in [1.165, 1.54) is 29.2 Å². The fourth-order valence-electron chi connectivity index (χ4n) is 1.93.